The number of rotatable bonds is 7. The van der Waals surface area contributed by atoms with Crippen molar-refractivity contribution in [2.24, 2.45) is 0 Å². The van der Waals surface area contributed by atoms with Crippen LogP contribution >= 0.6 is 11.6 Å². The van der Waals surface area contributed by atoms with Crippen molar-refractivity contribution in [3.05, 3.63) is 46.9 Å². The van der Waals surface area contributed by atoms with Gasteiger partial charge in [-0.1, -0.05) is 11.6 Å². The number of furan rings is 1. The van der Waals surface area contributed by atoms with Crippen LogP contribution in [0.15, 0.2) is 34.7 Å². The van der Waals surface area contributed by atoms with Gasteiger partial charge in [0.05, 0.1) is 18.6 Å². The first kappa shape index (κ1) is 19.0. The Morgan fingerprint density at radius 1 is 1.36 bits per heavy atom. The molecule has 0 saturated heterocycles. The molecule has 2 unspecified atom stereocenters. The van der Waals surface area contributed by atoms with Crippen LogP contribution in [0, 0.1) is 0 Å². The van der Waals surface area contributed by atoms with Gasteiger partial charge in [-0.05, 0) is 37.3 Å². The average molecular weight is 386 g/mol. The Morgan fingerprint density at radius 3 is 2.68 bits per heavy atom. The van der Waals surface area contributed by atoms with E-state index in [1.165, 1.54) is 32.2 Å². The monoisotopic (exact) mass is 385 g/mol. The van der Waals surface area contributed by atoms with Gasteiger partial charge in [0.2, 0.25) is 11.7 Å². The zero-order valence-electron chi connectivity index (χ0n) is 13.4. The molecule has 0 aliphatic heterocycles. The Balaban J connectivity index is 2.04. The molecule has 2 N–H and O–H groups in total. The quantitative estimate of drug-likeness (QED) is 0.759. The van der Waals surface area contributed by atoms with Gasteiger partial charge in [0.25, 0.3) is 0 Å². The van der Waals surface area contributed by atoms with E-state index in [4.69, 9.17) is 25.9 Å². The Hall–Kier alpha value is -2.32. The first-order valence-corrected chi connectivity index (χ1v) is 8.91. The molecule has 1 aromatic carbocycles. The van der Waals surface area contributed by atoms with Gasteiger partial charge in [-0.25, -0.2) is 4.79 Å². The van der Waals surface area contributed by atoms with Gasteiger partial charge in [-0.2, -0.15) is 0 Å². The molecule has 0 saturated carbocycles. The number of carboxylic acids is 1. The van der Waals surface area contributed by atoms with E-state index in [0.29, 0.717) is 16.5 Å². The minimum absolute atomic E-state index is 0.0749. The third-order valence-corrected chi connectivity index (χ3v) is 5.15. The van der Waals surface area contributed by atoms with Crippen LogP contribution < -0.4 is 10.1 Å². The van der Waals surface area contributed by atoms with Gasteiger partial charge < -0.3 is 19.6 Å². The van der Waals surface area contributed by atoms with E-state index in [9.17, 15) is 13.8 Å². The van der Waals surface area contributed by atoms with Crippen molar-refractivity contribution in [1.82, 2.24) is 0 Å². The fourth-order valence-corrected chi connectivity index (χ4v) is 3.12. The predicted octanol–water partition coefficient (Wildman–Crippen LogP) is 2.92. The molecule has 0 radical (unpaired) electrons. The van der Waals surface area contributed by atoms with Gasteiger partial charge in [-0.3, -0.25) is 9.00 Å². The van der Waals surface area contributed by atoms with Crippen molar-refractivity contribution in [2.45, 2.75) is 17.9 Å². The first-order valence-electron chi connectivity index (χ1n) is 7.15. The Morgan fingerprint density at radius 2 is 2.08 bits per heavy atom. The first-order chi connectivity index (χ1) is 11.8. The summed E-state index contributed by atoms with van der Waals surface area (Å²) in [6.07, 6.45) is 0. The molecule has 0 aliphatic rings. The maximum atomic E-state index is 12.3. The molecule has 2 aromatic rings. The SMILES string of the molecule is COc1ccc(Cl)cc1NC(=O)C(C)S(=O)Cc1ccc(C(=O)O)o1. The summed E-state index contributed by atoms with van der Waals surface area (Å²) in [5, 5.41) is 11.0. The molecule has 7 nitrogen and oxygen atoms in total. The average Bonchev–Trinajstić information content (AvgIpc) is 3.03. The van der Waals surface area contributed by atoms with Crippen LogP contribution in [0.3, 0.4) is 0 Å². The molecule has 1 amide bonds. The second kappa shape index (κ2) is 8.17. The number of halogens is 1. The lowest BCUT2D eigenvalue weighted by Gasteiger charge is -2.14. The zero-order valence-corrected chi connectivity index (χ0v) is 15.0. The van der Waals surface area contributed by atoms with E-state index in [1.807, 2.05) is 0 Å². The largest absolute Gasteiger partial charge is 0.495 e. The molecule has 0 bridgehead atoms. The second-order valence-electron chi connectivity index (χ2n) is 5.07. The van der Waals surface area contributed by atoms with Crippen molar-refractivity contribution in [3.63, 3.8) is 0 Å². The summed E-state index contributed by atoms with van der Waals surface area (Å²) in [7, 11) is -0.150. The lowest BCUT2D eigenvalue weighted by atomic mass is 10.3. The van der Waals surface area contributed by atoms with Crippen molar-refractivity contribution >= 4 is 40.0 Å². The van der Waals surface area contributed by atoms with Gasteiger partial charge in [0.15, 0.2) is 0 Å². The number of methoxy groups -OCH3 is 1. The topological polar surface area (TPSA) is 106 Å². The van der Waals surface area contributed by atoms with Crippen LogP contribution in [0.25, 0.3) is 0 Å². The summed E-state index contributed by atoms with van der Waals surface area (Å²) in [6, 6.07) is 7.45. The summed E-state index contributed by atoms with van der Waals surface area (Å²) in [4.78, 5) is 23.1. The van der Waals surface area contributed by atoms with E-state index < -0.39 is 27.9 Å². The number of aromatic carboxylic acids is 1. The maximum Gasteiger partial charge on any atom is 0.371 e. The molecule has 1 heterocycles. The second-order valence-corrected chi connectivity index (χ2v) is 7.27. The van der Waals surface area contributed by atoms with Crippen molar-refractivity contribution in [3.8, 4) is 5.75 Å². The third-order valence-electron chi connectivity index (χ3n) is 3.34. The number of amides is 1. The van der Waals surface area contributed by atoms with E-state index in [0.717, 1.165) is 0 Å². The fourth-order valence-electron chi connectivity index (χ4n) is 1.97. The molecule has 1 aromatic heterocycles. The smallest absolute Gasteiger partial charge is 0.371 e. The summed E-state index contributed by atoms with van der Waals surface area (Å²) in [6.45, 7) is 1.50. The highest BCUT2D eigenvalue weighted by Gasteiger charge is 2.23. The number of hydrogen-bond acceptors (Lipinski definition) is 5. The van der Waals surface area contributed by atoms with Crippen LogP contribution in [-0.4, -0.2) is 33.6 Å². The highest BCUT2D eigenvalue weighted by molar-refractivity contribution is 7.85. The third kappa shape index (κ3) is 4.83. The zero-order chi connectivity index (χ0) is 18.6. The normalized spacial score (nSPS) is 13.1. The number of ether oxygens (including phenoxy) is 1. The minimum atomic E-state index is -1.61. The van der Waals surface area contributed by atoms with Crippen LogP contribution in [0.1, 0.15) is 23.2 Å². The lowest BCUT2D eigenvalue weighted by Crippen LogP contribution is -2.29. The highest BCUT2D eigenvalue weighted by atomic mass is 35.5. The van der Waals surface area contributed by atoms with Crippen LogP contribution in [0.4, 0.5) is 5.69 Å². The number of benzene rings is 1. The minimum Gasteiger partial charge on any atom is -0.495 e. The summed E-state index contributed by atoms with van der Waals surface area (Å²) in [5.74, 6) is -1.36. The lowest BCUT2D eigenvalue weighted by molar-refractivity contribution is -0.115. The molecule has 2 atom stereocenters. The summed E-state index contributed by atoms with van der Waals surface area (Å²) in [5.41, 5.74) is 0.370. The van der Waals surface area contributed by atoms with Crippen LogP contribution in [0.2, 0.25) is 5.02 Å². The highest BCUT2D eigenvalue weighted by Crippen LogP contribution is 2.28. The molecule has 134 valence electrons. The van der Waals surface area contributed by atoms with Crippen molar-refractivity contribution in [2.75, 3.05) is 12.4 Å². The van der Waals surface area contributed by atoms with Gasteiger partial charge in [0.1, 0.15) is 16.8 Å². The molecule has 9 heteroatoms. The molecule has 0 spiro atoms. The van der Waals surface area contributed by atoms with Gasteiger partial charge >= 0.3 is 5.97 Å². The maximum absolute atomic E-state index is 12.3. The van der Waals surface area contributed by atoms with Crippen LogP contribution in [0.5, 0.6) is 5.75 Å². The standard InChI is InChI=1S/C16H16ClNO6S/c1-9(25(22)8-11-4-6-14(24-11)16(20)21)15(19)18-12-7-10(17)3-5-13(12)23-2/h3-7,9H,8H2,1-2H3,(H,18,19)(H,20,21). The Labute approximate surface area is 151 Å². The summed E-state index contributed by atoms with van der Waals surface area (Å²) >= 11 is 5.91. The number of hydrogen-bond donors (Lipinski definition) is 2. The molecule has 25 heavy (non-hydrogen) atoms. The van der Waals surface area contributed by atoms with E-state index in [1.54, 1.807) is 12.1 Å². The van der Waals surface area contributed by atoms with E-state index >= 15 is 0 Å². The number of carbonyl (C=O) groups excluding carboxylic acids is 1. The van der Waals surface area contributed by atoms with Crippen molar-refractivity contribution < 1.29 is 28.1 Å². The Bertz CT molecular complexity index is 819. The molecule has 0 fully saturated rings. The summed E-state index contributed by atoms with van der Waals surface area (Å²) < 4.78 is 22.5. The number of carboxylic acid groups (broad SMARTS) is 1. The molecular formula is C16H16ClNO6S. The van der Waals surface area contributed by atoms with E-state index in [2.05, 4.69) is 5.32 Å². The number of carbonyl (C=O) groups is 2. The molecule has 2 rings (SSSR count). The fraction of sp³-hybridized carbons (Fsp3) is 0.250. The number of nitrogens with one attached hydrogen (secondary N) is 1. The number of anilines is 1. The van der Waals surface area contributed by atoms with Crippen LogP contribution in [-0.2, 0) is 21.3 Å². The van der Waals surface area contributed by atoms with Crippen molar-refractivity contribution in [1.29, 1.82) is 0 Å². The Kier molecular flexibility index (Phi) is 6.22. The van der Waals surface area contributed by atoms with E-state index in [-0.39, 0.29) is 17.3 Å². The predicted molar refractivity (Wildman–Crippen MR) is 93.6 cm³/mol. The molecular weight excluding hydrogens is 370 g/mol. The van der Waals surface area contributed by atoms with Gasteiger partial charge in [0, 0.05) is 15.8 Å². The molecule has 0 aliphatic carbocycles. The van der Waals surface area contributed by atoms with Gasteiger partial charge in [-0.15, -0.1) is 0 Å².